The lowest BCUT2D eigenvalue weighted by Gasteiger charge is -2.14. The summed E-state index contributed by atoms with van der Waals surface area (Å²) < 4.78 is 6.94. The molecule has 1 N–H and O–H groups in total. The van der Waals surface area contributed by atoms with Crippen LogP contribution in [0, 0.1) is 0 Å². The molecule has 0 aliphatic heterocycles. The van der Waals surface area contributed by atoms with Gasteiger partial charge in [-0.05, 0) is 35.9 Å². The molecule has 1 atom stereocenters. The zero-order chi connectivity index (χ0) is 14.7. The number of aliphatic hydroxyl groups excluding tert-OH is 1. The van der Waals surface area contributed by atoms with Crippen molar-refractivity contribution in [1.29, 1.82) is 0 Å². The van der Waals surface area contributed by atoms with Crippen molar-refractivity contribution in [3.63, 3.8) is 0 Å². The molecular weight excluding hydrogens is 264 g/mol. The fraction of sp³-hybridized carbons (Fsp3) is 0.118. The molecule has 0 aliphatic carbocycles. The molecule has 3 rings (SSSR count). The molecule has 106 valence electrons. The van der Waals surface area contributed by atoms with Crippen LogP contribution in [0.4, 0.5) is 0 Å². The number of aliphatic hydroxyl groups is 1. The first-order chi connectivity index (χ1) is 10.3. The van der Waals surface area contributed by atoms with Crippen LogP contribution in [0.3, 0.4) is 0 Å². The van der Waals surface area contributed by atoms with Crippen LogP contribution in [-0.4, -0.2) is 22.0 Å². The van der Waals surface area contributed by atoms with Crippen molar-refractivity contribution in [3.05, 3.63) is 78.1 Å². The summed E-state index contributed by atoms with van der Waals surface area (Å²) in [4.78, 5) is 0. The zero-order valence-electron chi connectivity index (χ0n) is 11.7. The highest BCUT2D eigenvalue weighted by atomic mass is 16.5. The number of hydrogen-bond donors (Lipinski definition) is 1. The van der Waals surface area contributed by atoms with Gasteiger partial charge in [0, 0.05) is 6.20 Å². The Kier molecular flexibility index (Phi) is 3.71. The Morgan fingerprint density at radius 2 is 1.86 bits per heavy atom. The lowest BCUT2D eigenvalue weighted by Crippen LogP contribution is -2.08. The lowest BCUT2D eigenvalue weighted by atomic mass is 10.1. The molecule has 0 saturated heterocycles. The third-order valence-electron chi connectivity index (χ3n) is 3.36. The molecule has 0 spiro atoms. The molecule has 4 nitrogen and oxygen atoms in total. The third kappa shape index (κ3) is 2.66. The van der Waals surface area contributed by atoms with Gasteiger partial charge in [0.25, 0.3) is 0 Å². The fourth-order valence-electron chi connectivity index (χ4n) is 2.29. The molecule has 1 unspecified atom stereocenters. The van der Waals surface area contributed by atoms with Crippen LogP contribution in [0.5, 0.6) is 5.75 Å². The first-order valence-corrected chi connectivity index (χ1v) is 6.71. The van der Waals surface area contributed by atoms with E-state index in [-0.39, 0.29) is 0 Å². The molecule has 4 heteroatoms. The van der Waals surface area contributed by atoms with E-state index in [1.807, 2.05) is 60.7 Å². The van der Waals surface area contributed by atoms with Crippen molar-refractivity contribution in [1.82, 2.24) is 9.78 Å². The first-order valence-electron chi connectivity index (χ1n) is 6.71. The van der Waals surface area contributed by atoms with E-state index in [1.54, 1.807) is 18.0 Å². The predicted octanol–water partition coefficient (Wildman–Crippen LogP) is 2.96. The second-order valence-electron chi connectivity index (χ2n) is 4.68. The number of methoxy groups -OCH3 is 1. The molecule has 2 aromatic carbocycles. The Hall–Kier alpha value is -2.59. The van der Waals surface area contributed by atoms with Crippen LogP contribution < -0.4 is 4.74 Å². The summed E-state index contributed by atoms with van der Waals surface area (Å²) in [6, 6.07) is 19.0. The minimum Gasteiger partial charge on any atom is -0.497 e. The SMILES string of the molecule is COc1cccc(C(O)c2ccnn2-c2ccccc2)c1. The van der Waals surface area contributed by atoms with Crippen molar-refractivity contribution in [3.8, 4) is 11.4 Å². The maximum Gasteiger partial charge on any atom is 0.121 e. The highest BCUT2D eigenvalue weighted by Crippen LogP contribution is 2.26. The topological polar surface area (TPSA) is 47.3 Å². The summed E-state index contributed by atoms with van der Waals surface area (Å²) in [7, 11) is 1.61. The van der Waals surface area contributed by atoms with Crippen LogP contribution in [0.25, 0.3) is 5.69 Å². The van der Waals surface area contributed by atoms with Gasteiger partial charge in [-0.15, -0.1) is 0 Å². The predicted molar refractivity (Wildman–Crippen MR) is 80.6 cm³/mol. The Morgan fingerprint density at radius 3 is 2.62 bits per heavy atom. The van der Waals surface area contributed by atoms with Crippen molar-refractivity contribution in [2.75, 3.05) is 7.11 Å². The van der Waals surface area contributed by atoms with Gasteiger partial charge in [-0.3, -0.25) is 0 Å². The summed E-state index contributed by atoms with van der Waals surface area (Å²) >= 11 is 0. The minimum absolute atomic E-state index is 0.717. The largest absolute Gasteiger partial charge is 0.497 e. The molecule has 0 saturated carbocycles. The smallest absolute Gasteiger partial charge is 0.121 e. The third-order valence-corrected chi connectivity index (χ3v) is 3.36. The summed E-state index contributed by atoms with van der Waals surface area (Å²) in [5.41, 5.74) is 2.40. The van der Waals surface area contributed by atoms with Gasteiger partial charge in [0.2, 0.25) is 0 Å². The number of aromatic nitrogens is 2. The molecule has 0 bridgehead atoms. The number of nitrogens with zero attached hydrogens (tertiary/aromatic N) is 2. The van der Waals surface area contributed by atoms with Crippen molar-refractivity contribution in [2.24, 2.45) is 0 Å². The molecule has 21 heavy (non-hydrogen) atoms. The van der Waals surface area contributed by atoms with E-state index in [9.17, 15) is 5.11 Å². The van der Waals surface area contributed by atoms with Gasteiger partial charge in [-0.1, -0.05) is 30.3 Å². The van der Waals surface area contributed by atoms with E-state index in [0.29, 0.717) is 0 Å². The Morgan fingerprint density at radius 1 is 1.05 bits per heavy atom. The van der Waals surface area contributed by atoms with Crippen LogP contribution in [0.2, 0.25) is 0 Å². The molecule has 0 fully saturated rings. The van der Waals surface area contributed by atoms with Crippen LogP contribution in [-0.2, 0) is 0 Å². The van der Waals surface area contributed by atoms with E-state index in [0.717, 1.165) is 22.7 Å². The summed E-state index contributed by atoms with van der Waals surface area (Å²) in [5, 5.41) is 14.9. The van der Waals surface area contributed by atoms with Gasteiger partial charge in [-0.2, -0.15) is 5.10 Å². The number of para-hydroxylation sites is 1. The number of benzene rings is 2. The van der Waals surface area contributed by atoms with Gasteiger partial charge < -0.3 is 9.84 Å². The molecule has 3 aromatic rings. The zero-order valence-corrected chi connectivity index (χ0v) is 11.7. The summed E-state index contributed by atoms with van der Waals surface area (Å²) in [6.45, 7) is 0. The number of rotatable bonds is 4. The van der Waals surface area contributed by atoms with E-state index in [2.05, 4.69) is 5.10 Å². The molecule has 0 amide bonds. The van der Waals surface area contributed by atoms with E-state index >= 15 is 0 Å². The normalized spacial score (nSPS) is 12.1. The monoisotopic (exact) mass is 280 g/mol. The number of hydrogen-bond acceptors (Lipinski definition) is 3. The molecule has 1 heterocycles. The van der Waals surface area contributed by atoms with E-state index in [1.165, 1.54) is 0 Å². The second kappa shape index (κ2) is 5.81. The fourth-order valence-corrected chi connectivity index (χ4v) is 2.29. The van der Waals surface area contributed by atoms with Gasteiger partial charge in [0.1, 0.15) is 11.9 Å². The average Bonchev–Trinajstić information content (AvgIpc) is 3.04. The molecule has 0 aliphatic rings. The van der Waals surface area contributed by atoms with E-state index in [4.69, 9.17) is 4.74 Å². The molecular formula is C17H16N2O2. The highest BCUT2D eigenvalue weighted by Gasteiger charge is 2.16. The Labute approximate surface area is 123 Å². The minimum atomic E-state index is -0.761. The second-order valence-corrected chi connectivity index (χ2v) is 4.68. The van der Waals surface area contributed by atoms with Crippen molar-refractivity contribution in [2.45, 2.75) is 6.10 Å². The van der Waals surface area contributed by atoms with E-state index < -0.39 is 6.10 Å². The maximum absolute atomic E-state index is 10.6. The lowest BCUT2D eigenvalue weighted by molar-refractivity contribution is 0.211. The molecule has 0 radical (unpaired) electrons. The summed E-state index contributed by atoms with van der Waals surface area (Å²) in [5.74, 6) is 0.720. The standard InChI is InChI=1S/C17H16N2O2/c1-21-15-9-5-6-13(12-15)17(20)16-10-11-18-19(16)14-7-3-2-4-8-14/h2-12,17,20H,1H3. The first kappa shape index (κ1) is 13.4. The maximum atomic E-state index is 10.6. The Balaban J connectivity index is 1.99. The Bertz CT molecular complexity index is 722. The van der Waals surface area contributed by atoms with Crippen LogP contribution in [0.15, 0.2) is 66.9 Å². The average molecular weight is 280 g/mol. The quantitative estimate of drug-likeness (QED) is 0.799. The highest BCUT2D eigenvalue weighted by molar-refractivity contribution is 5.37. The van der Waals surface area contributed by atoms with Crippen LogP contribution >= 0.6 is 0 Å². The molecule has 1 aromatic heterocycles. The van der Waals surface area contributed by atoms with Crippen molar-refractivity contribution < 1.29 is 9.84 Å². The van der Waals surface area contributed by atoms with Gasteiger partial charge in [-0.25, -0.2) is 4.68 Å². The summed E-state index contributed by atoms with van der Waals surface area (Å²) in [6.07, 6.45) is 0.925. The van der Waals surface area contributed by atoms with Crippen LogP contribution in [0.1, 0.15) is 17.4 Å². The van der Waals surface area contributed by atoms with Gasteiger partial charge in [0.15, 0.2) is 0 Å². The van der Waals surface area contributed by atoms with Crippen molar-refractivity contribution >= 4 is 0 Å². The van der Waals surface area contributed by atoms with Gasteiger partial charge in [0.05, 0.1) is 18.5 Å². The van der Waals surface area contributed by atoms with Gasteiger partial charge >= 0.3 is 0 Å². The number of ether oxygens (including phenoxy) is 1.